The van der Waals surface area contributed by atoms with E-state index in [0.29, 0.717) is 5.56 Å². The monoisotopic (exact) mass is 260 g/mol. The van der Waals surface area contributed by atoms with E-state index in [9.17, 15) is 14.5 Å². The van der Waals surface area contributed by atoms with Crippen LogP contribution in [0.5, 0.6) is 0 Å². The molecule has 0 aliphatic heterocycles. The molecule has 0 saturated carbocycles. The summed E-state index contributed by atoms with van der Waals surface area (Å²) in [5, 5.41) is 13.7. The third kappa shape index (κ3) is 3.51. The van der Waals surface area contributed by atoms with E-state index in [2.05, 4.69) is 5.32 Å². The molecule has 4 nitrogen and oxygen atoms in total. The second kappa shape index (κ2) is 5.95. The van der Waals surface area contributed by atoms with Gasteiger partial charge < -0.3 is 5.32 Å². The van der Waals surface area contributed by atoms with Crippen LogP contribution in [0, 0.1) is 15.9 Å². The van der Waals surface area contributed by atoms with Gasteiger partial charge in [-0.25, -0.2) is 4.39 Å². The van der Waals surface area contributed by atoms with Crippen molar-refractivity contribution in [3.05, 3.63) is 76.1 Å². The standard InChI is InChI=1S/C14H13FN2O2/c15-13-9-5-4-8-12(13)14(10-17(18)19)16-11-6-2-1-3-7-11/h1-9,14,16H,10H2. The smallest absolute Gasteiger partial charge is 0.228 e. The van der Waals surface area contributed by atoms with Gasteiger partial charge >= 0.3 is 0 Å². The lowest BCUT2D eigenvalue weighted by atomic mass is 10.1. The van der Waals surface area contributed by atoms with Crippen LogP contribution in [0.15, 0.2) is 54.6 Å². The molecule has 0 heterocycles. The van der Waals surface area contributed by atoms with Gasteiger partial charge in [0.2, 0.25) is 6.54 Å². The Morgan fingerprint density at radius 2 is 1.74 bits per heavy atom. The maximum Gasteiger partial charge on any atom is 0.228 e. The second-order valence-corrected chi connectivity index (χ2v) is 4.10. The normalized spacial score (nSPS) is 11.8. The van der Waals surface area contributed by atoms with Crippen LogP contribution in [0.3, 0.4) is 0 Å². The van der Waals surface area contributed by atoms with Crippen molar-refractivity contribution in [2.45, 2.75) is 6.04 Å². The lowest BCUT2D eigenvalue weighted by molar-refractivity contribution is -0.482. The minimum atomic E-state index is -0.696. The highest BCUT2D eigenvalue weighted by Gasteiger charge is 2.20. The Morgan fingerprint density at radius 1 is 1.11 bits per heavy atom. The molecule has 1 N–H and O–H groups in total. The molecule has 0 aliphatic carbocycles. The second-order valence-electron chi connectivity index (χ2n) is 4.10. The summed E-state index contributed by atoms with van der Waals surface area (Å²) in [5.41, 5.74) is 1.01. The van der Waals surface area contributed by atoms with Gasteiger partial charge in [0.25, 0.3) is 0 Å². The molecule has 2 rings (SSSR count). The Balaban J connectivity index is 2.26. The van der Waals surface area contributed by atoms with Crippen molar-refractivity contribution in [2.24, 2.45) is 0 Å². The van der Waals surface area contributed by atoms with Gasteiger partial charge in [-0.3, -0.25) is 10.1 Å². The number of nitrogens with one attached hydrogen (secondary N) is 1. The van der Waals surface area contributed by atoms with E-state index in [1.165, 1.54) is 6.07 Å². The van der Waals surface area contributed by atoms with Crippen LogP contribution in [0.25, 0.3) is 0 Å². The molecule has 1 unspecified atom stereocenters. The number of hydrogen-bond donors (Lipinski definition) is 1. The molecule has 0 aliphatic rings. The first-order valence-corrected chi connectivity index (χ1v) is 5.84. The number of rotatable bonds is 5. The topological polar surface area (TPSA) is 55.2 Å². The van der Waals surface area contributed by atoms with E-state index < -0.39 is 16.8 Å². The van der Waals surface area contributed by atoms with E-state index in [4.69, 9.17) is 0 Å². The van der Waals surface area contributed by atoms with Gasteiger partial charge in [-0.1, -0.05) is 36.4 Å². The molecular weight excluding hydrogens is 247 g/mol. The first kappa shape index (κ1) is 13.0. The van der Waals surface area contributed by atoms with Crippen LogP contribution >= 0.6 is 0 Å². The molecule has 2 aromatic carbocycles. The number of nitro groups is 1. The van der Waals surface area contributed by atoms with E-state index in [1.54, 1.807) is 30.3 Å². The zero-order valence-electron chi connectivity index (χ0n) is 10.1. The number of halogens is 1. The van der Waals surface area contributed by atoms with Crippen molar-refractivity contribution in [3.8, 4) is 0 Å². The molecule has 0 saturated heterocycles. The summed E-state index contributed by atoms with van der Waals surface area (Å²) in [5.74, 6) is -0.446. The van der Waals surface area contributed by atoms with E-state index in [1.807, 2.05) is 18.2 Å². The van der Waals surface area contributed by atoms with Crippen molar-refractivity contribution in [2.75, 3.05) is 11.9 Å². The maximum absolute atomic E-state index is 13.7. The molecule has 19 heavy (non-hydrogen) atoms. The van der Waals surface area contributed by atoms with E-state index in [-0.39, 0.29) is 6.54 Å². The summed E-state index contributed by atoms with van der Waals surface area (Å²) in [6, 6.07) is 14.4. The largest absolute Gasteiger partial charge is 0.372 e. The van der Waals surface area contributed by atoms with E-state index >= 15 is 0 Å². The Bertz CT molecular complexity index is 560. The minimum absolute atomic E-state index is 0.294. The summed E-state index contributed by atoms with van der Waals surface area (Å²) in [7, 11) is 0. The summed E-state index contributed by atoms with van der Waals surface area (Å²) in [6.07, 6.45) is 0. The molecule has 0 aromatic heterocycles. The van der Waals surface area contributed by atoms with Crippen molar-refractivity contribution in [3.63, 3.8) is 0 Å². The highest BCUT2D eigenvalue weighted by atomic mass is 19.1. The molecule has 1 atom stereocenters. The number of hydrogen-bond acceptors (Lipinski definition) is 3. The van der Waals surface area contributed by atoms with Crippen LogP contribution in [0.2, 0.25) is 0 Å². The zero-order chi connectivity index (χ0) is 13.7. The summed E-state index contributed by atoms with van der Waals surface area (Å²) < 4.78 is 13.7. The van der Waals surface area contributed by atoms with Crippen LogP contribution in [-0.2, 0) is 0 Å². The Labute approximate surface area is 110 Å². The summed E-state index contributed by atoms with van der Waals surface area (Å²) in [4.78, 5) is 10.3. The van der Waals surface area contributed by atoms with Gasteiger partial charge in [0.05, 0.1) is 0 Å². The SMILES string of the molecule is O=[N+]([O-])CC(Nc1ccccc1)c1ccccc1F. The molecule has 0 radical (unpaired) electrons. The predicted molar refractivity (Wildman–Crippen MR) is 71.1 cm³/mol. The van der Waals surface area contributed by atoms with E-state index in [0.717, 1.165) is 5.69 Å². The van der Waals surface area contributed by atoms with Crippen molar-refractivity contribution in [1.29, 1.82) is 0 Å². The Morgan fingerprint density at radius 3 is 2.37 bits per heavy atom. The average Bonchev–Trinajstić information content (AvgIpc) is 2.39. The average molecular weight is 260 g/mol. The Kier molecular flexibility index (Phi) is 4.07. The van der Waals surface area contributed by atoms with Crippen LogP contribution < -0.4 is 5.32 Å². The fourth-order valence-corrected chi connectivity index (χ4v) is 1.86. The third-order valence-electron chi connectivity index (χ3n) is 2.73. The van der Waals surface area contributed by atoms with Gasteiger partial charge in [-0.05, 0) is 18.2 Å². The molecular formula is C14H13FN2O2. The number of anilines is 1. The molecule has 5 heteroatoms. The lowest BCUT2D eigenvalue weighted by Crippen LogP contribution is -2.21. The van der Waals surface area contributed by atoms with Gasteiger partial charge in [-0.2, -0.15) is 0 Å². The summed E-state index contributed by atoms with van der Waals surface area (Å²) >= 11 is 0. The minimum Gasteiger partial charge on any atom is -0.372 e. The molecule has 0 fully saturated rings. The van der Waals surface area contributed by atoms with Crippen LogP contribution in [0.4, 0.5) is 10.1 Å². The lowest BCUT2D eigenvalue weighted by Gasteiger charge is -2.17. The van der Waals surface area contributed by atoms with Crippen LogP contribution in [-0.4, -0.2) is 11.5 Å². The zero-order valence-corrected chi connectivity index (χ0v) is 10.1. The van der Waals surface area contributed by atoms with Crippen molar-refractivity contribution in [1.82, 2.24) is 0 Å². The summed E-state index contributed by atoms with van der Waals surface area (Å²) in [6.45, 7) is -0.379. The Hall–Kier alpha value is -2.43. The number of para-hydroxylation sites is 1. The molecule has 2 aromatic rings. The highest BCUT2D eigenvalue weighted by molar-refractivity contribution is 5.45. The van der Waals surface area contributed by atoms with Gasteiger partial charge in [0.1, 0.15) is 11.9 Å². The van der Waals surface area contributed by atoms with Gasteiger partial charge in [0.15, 0.2) is 0 Å². The van der Waals surface area contributed by atoms with Gasteiger partial charge in [-0.15, -0.1) is 0 Å². The molecule has 98 valence electrons. The highest BCUT2D eigenvalue weighted by Crippen LogP contribution is 2.22. The van der Waals surface area contributed by atoms with Crippen molar-refractivity contribution >= 4 is 5.69 Å². The number of nitrogens with zero attached hydrogens (tertiary/aromatic N) is 1. The third-order valence-corrected chi connectivity index (χ3v) is 2.73. The first-order valence-electron chi connectivity index (χ1n) is 5.84. The molecule has 0 amide bonds. The predicted octanol–water partition coefficient (Wildman–Crippen LogP) is 3.26. The molecule has 0 spiro atoms. The van der Waals surface area contributed by atoms with Crippen molar-refractivity contribution < 1.29 is 9.31 Å². The number of benzene rings is 2. The quantitative estimate of drug-likeness (QED) is 0.663. The fraction of sp³-hybridized carbons (Fsp3) is 0.143. The molecule has 0 bridgehead atoms. The maximum atomic E-state index is 13.7. The van der Waals surface area contributed by atoms with Gasteiger partial charge in [0, 0.05) is 16.2 Å². The van der Waals surface area contributed by atoms with Crippen LogP contribution in [0.1, 0.15) is 11.6 Å². The fourth-order valence-electron chi connectivity index (χ4n) is 1.86. The first-order chi connectivity index (χ1) is 9.16.